The lowest BCUT2D eigenvalue weighted by atomic mass is 10.4. The van der Waals surface area contributed by atoms with Crippen molar-refractivity contribution in [2.45, 2.75) is 6.92 Å². The molecule has 78 valence electrons. The number of nitrogens with zero attached hydrogens (tertiary/aromatic N) is 1. The van der Waals surface area contributed by atoms with Gasteiger partial charge in [-0.3, -0.25) is 0 Å². The molecule has 0 saturated heterocycles. The lowest BCUT2D eigenvalue weighted by molar-refractivity contribution is 0.158. The molecule has 0 aliphatic rings. The highest BCUT2D eigenvalue weighted by atomic mass is 16.5. The lowest BCUT2D eigenvalue weighted by Gasteiger charge is -2.05. The van der Waals surface area contributed by atoms with Crippen molar-refractivity contribution in [2.24, 2.45) is 0 Å². The molecule has 0 aliphatic carbocycles. The van der Waals surface area contributed by atoms with Crippen molar-refractivity contribution in [2.75, 3.05) is 32.2 Å². The van der Waals surface area contributed by atoms with Crippen LogP contribution in [0.4, 0.5) is 5.82 Å². The van der Waals surface area contributed by atoms with E-state index in [2.05, 4.69) is 10.3 Å². The predicted octanol–water partition coefficient (Wildman–Crippen LogP) is 1.54. The first-order valence-electron chi connectivity index (χ1n) is 4.68. The summed E-state index contributed by atoms with van der Waals surface area (Å²) in [6.07, 6.45) is 1.68. The summed E-state index contributed by atoms with van der Waals surface area (Å²) in [5, 5.41) is 3.14. The van der Waals surface area contributed by atoms with E-state index in [-0.39, 0.29) is 0 Å². The topological polar surface area (TPSA) is 43.4 Å². The van der Waals surface area contributed by atoms with Gasteiger partial charge in [0, 0.05) is 13.2 Å². The summed E-state index contributed by atoms with van der Waals surface area (Å²) in [7, 11) is 1.62. The molecule has 1 rings (SSSR count). The van der Waals surface area contributed by atoms with Crippen LogP contribution in [0.1, 0.15) is 6.92 Å². The SMILES string of the molecule is CCOCCNc1ccc(OC)cn1. The summed E-state index contributed by atoms with van der Waals surface area (Å²) >= 11 is 0. The van der Waals surface area contributed by atoms with Gasteiger partial charge in [0.05, 0.1) is 19.9 Å². The monoisotopic (exact) mass is 196 g/mol. The highest BCUT2D eigenvalue weighted by Crippen LogP contribution is 2.10. The minimum Gasteiger partial charge on any atom is -0.495 e. The van der Waals surface area contributed by atoms with Gasteiger partial charge in [-0.1, -0.05) is 0 Å². The molecule has 0 unspecified atom stereocenters. The minimum absolute atomic E-state index is 0.699. The lowest BCUT2D eigenvalue weighted by Crippen LogP contribution is -2.09. The maximum atomic E-state index is 5.19. The van der Waals surface area contributed by atoms with Gasteiger partial charge in [0.1, 0.15) is 11.6 Å². The highest BCUT2D eigenvalue weighted by molar-refractivity contribution is 5.37. The summed E-state index contributed by atoms with van der Waals surface area (Å²) in [5.74, 6) is 1.60. The Morgan fingerprint density at radius 1 is 1.43 bits per heavy atom. The second kappa shape index (κ2) is 6.21. The standard InChI is InChI=1S/C10H16N2O2/c1-3-14-7-6-11-10-5-4-9(13-2)8-12-10/h4-5,8H,3,6-7H2,1-2H3,(H,11,12). The number of hydrogen-bond acceptors (Lipinski definition) is 4. The Morgan fingerprint density at radius 3 is 2.86 bits per heavy atom. The van der Waals surface area contributed by atoms with Gasteiger partial charge in [0.25, 0.3) is 0 Å². The van der Waals surface area contributed by atoms with Crippen molar-refractivity contribution in [1.82, 2.24) is 4.98 Å². The van der Waals surface area contributed by atoms with Crippen LogP contribution < -0.4 is 10.1 Å². The van der Waals surface area contributed by atoms with Crippen molar-refractivity contribution < 1.29 is 9.47 Å². The largest absolute Gasteiger partial charge is 0.495 e. The van der Waals surface area contributed by atoms with E-state index in [1.165, 1.54) is 0 Å². The van der Waals surface area contributed by atoms with Gasteiger partial charge < -0.3 is 14.8 Å². The number of ether oxygens (including phenoxy) is 2. The molecule has 14 heavy (non-hydrogen) atoms. The van der Waals surface area contributed by atoms with E-state index in [1.54, 1.807) is 13.3 Å². The average Bonchev–Trinajstić information content (AvgIpc) is 2.25. The van der Waals surface area contributed by atoms with E-state index >= 15 is 0 Å². The van der Waals surface area contributed by atoms with Crippen molar-refractivity contribution in [1.29, 1.82) is 0 Å². The molecule has 0 fully saturated rings. The zero-order chi connectivity index (χ0) is 10.2. The average molecular weight is 196 g/mol. The molecule has 4 nitrogen and oxygen atoms in total. The normalized spacial score (nSPS) is 9.86. The van der Waals surface area contributed by atoms with Gasteiger partial charge in [0.15, 0.2) is 0 Å². The van der Waals surface area contributed by atoms with Crippen LogP contribution in [-0.4, -0.2) is 31.9 Å². The van der Waals surface area contributed by atoms with Crippen LogP contribution in [0.15, 0.2) is 18.3 Å². The van der Waals surface area contributed by atoms with E-state index in [0.717, 1.165) is 24.7 Å². The van der Waals surface area contributed by atoms with Gasteiger partial charge >= 0.3 is 0 Å². The molecule has 0 atom stereocenters. The maximum Gasteiger partial charge on any atom is 0.137 e. The van der Waals surface area contributed by atoms with Gasteiger partial charge in [-0.15, -0.1) is 0 Å². The third-order valence-corrected chi connectivity index (χ3v) is 1.73. The van der Waals surface area contributed by atoms with E-state index in [1.807, 2.05) is 19.1 Å². The fraction of sp³-hybridized carbons (Fsp3) is 0.500. The molecule has 1 aromatic rings. The van der Waals surface area contributed by atoms with E-state index in [9.17, 15) is 0 Å². The van der Waals surface area contributed by atoms with Crippen molar-refractivity contribution >= 4 is 5.82 Å². The summed E-state index contributed by atoms with van der Waals surface area (Å²) < 4.78 is 10.2. The zero-order valence-electron chi connectivity index (χ0n) is 8.62. The van der Waals surface area contributed by atoms with Crippen LogP contribution in [0.5, 0.6) is 5.75 Å². The van der Waals surface area contributed by atoms with Crippen LogP contribution in [0.2, 0.25) is 0 Å². The van der Waals surface area contributed by atoms with E-state index in [0.29, 0.717) is 6.61 Å². The minimum atomic E-state index is 0.699. The number of rotatable bonds is 6. The second-order valence-corrected chi connectivity index (χ2v) is 2.71. The Kier molecular flexibility index (Phi) is 4.78. The fourth-order valence-electron chi connectivity index (χ4n) is 1.00. The first-order valence-corrected chi connectivity index (χ1v) is 4.68. The van der Waals surface area contributed by atoms with Crippen LogP contribution in [0, 0.1) is 0 Å². The molecule has 1 N–H and O–H groups in total. The van der Waals surface area contributed by atoms with E-state index in [4.69, 9.17) is 9.47 Å². The number of hydrogen-bond donors (Lipinski definition) is 1. The Bertz CT molecular complexity index is 249. The smallest absolute Gasteiger partial charge is 0.137 e. The molecule has 0 aliphatic heterocycles. The highest BCUT2D eigenvalue weighted by Gasteiger charge is 1.93. The molecular formula is C10H16N2O2. The van der Waals surface area contributed by atoms with Crippen LogP contribution in [0.25, 0.3) is 0 Å². The van der Waals surface area contributed by atoms with Crippen molar-refractivity contribution in [3.05, 3.63) is 18.3 Å². The van der Waals surface area contributed by atoms with Gasteiger partial charge in [-0.05, 0) is 19.1 Å². The van der Waals surface area contributed by atoms with Gasteiger partial charge in [0.2, 0.25) is 0 Å². The summed E-state index contributed by atoms with van der Waals surface area (Å²) in [4.78, 5) is 4.16. The van der Waals surface area contributed by atoms with Crippen molar-refractivity contribution in [3.8, 4) is 5.75 Å². The first kappa shape index (κ1) is 10.8. The Hall–Kier alpha value is -1.29. The van der Waals surface area contributed by atoms with E-state index < -0.39 is 0 Å². The first-order chi connectivity index (χ1) is 6.86. The van der Waals surface area contributed by atoms with Crippen LogP contribution in [0.3, 0.4) is 0 Å². The van der Waals surface area contributed by atoms with Gasteiger partial charge in [-0.25, -0.2) is 4.98 Å². The quantitative estimate of drug-likeness (QED) is 0.701. The zero-order valence-corrected chi connectivity index (χ0v) is 8.62. The molecule has 0 spiro atoms. The number of methoxy groups -OCH3 is 1. The molecule has 0 saturated carbocycles. The predicted molar refractivity (Wildman–Crippen MR) is 55.8 cm³/mol. The summed E-state index contributed by atoms with van der Waals surface area (Å²) in [6, 6.07) is 3.75. The third-order valence-electron chi connectivity index (χ3n) is 1.73. The maximum absolute atomic E-state index is 5.19. The Balaban J connectivity index is 2.29. The van der Waals surface area contributed by atoms with Crippen LogP contribution in [-0.2, 0) is 4.74 Å². The number of aromatic nitrogens is 1. The molecule has 0 radical (unpaired) electrons. The third kappa shape index (κ3) is 3.62. The molecule has 1 heterocycles. The summed E-state index contributed by atoms with van der Waals surface area (Å²) in [6.45, 7) is 4.20. The van der Waals surface area contributed by atoms with Crippen LogP contribution >= 0.6 is 0 Å². The molecule has 0 aromatic carbocycles. The Labute approximate surface area is 84.3 Å². The fourth-order valence-corrected chi connectivity index (χ4v) is 1.00. The molecule has 4 heteroatoms. The Morgan fingerprint density at radius 2 is 2.29 bits per heavy atom. The van der Waals surface area contributed by atoms with Crippen molar-refractivity contribution in [3.63, 3.8) is 0 Å². The molecule has 1 aromatic heterocycles. The number of nitrogens with one attached hydrogen (secondary N) is 1. The summed E-state index contributed by atoms with van der Waals surface area (Å²) in [5.41, 5.74) is 0. The number of pyridine rings is 1. The molecular weight excluding hydrogens is 180 g/mol. The van der Waals surface area contributed by atoms with Gasteiger partial charge in [-0.2, -0.15) is 0 Å². The molecule has 0 bridgehead atoms. The second-order valence-electron chi connectivity index (χ2n) is 2.71. The molecule has 0 amide bonds. The number of anilines is 1.